The summed E-state index contributed by atoms with van der Waals surface area (Å²) in [7, 11) is -2.63. The molecule has 1 rings (SSSR count). The molecule has 0 unspecified atom stereocenters. The molecule has 1 aromatic rings. The first-order valence-electron chi connectivity index (χ1n) is 14.0. The van der Waals surface area contributed by atoms with Gasteiger partial charge in [-0.2, -0.15) is 8.73 Å². The highest BCUT2D eigenvalue weighted by Gasteiger charge is 2.28. The SMILES string of the molecule is CC(C)C[C@H](NC(=O)OC(C)(C)C)C(=O)N=S(C)(Cc1ccccc1)=NC(=O)[C@H](CC(C)C)NC(=O)OC(C)(C)C. The van der Waals surface area contributed by atoms with Crippen LogP contribution in [0.15, 0.2) is 39.1 Å². The van der Waals surface area contributed by atoms with Gasteiger partial charge in [0.05, 0.1) is 0 Å². The lowest BCUT2D eigenvalue weighted by molar-refractivity contribution is -0.120. The smallest absolute Gasteiger partial charge is 0.408 e. The Labute approximate surface area is 246 Å². The number of carbonyl (C=O) groups excluding carboxylic acids is 4. The summed E-state index contributed by atoms with van der Waals surface area (Å²) in [4.78, 5) is 52.2. The zero-order chi connectivity index (χ0) is 31.6. The summed E-state index contributed by atoms with van der Waals surface area (Å²) in [6.07, 6.45) is 0.880. The lowest BCUT2D eigenvalue weighted by Crippen LogP contribution is -2.44. The van der Waals surface area contributed by atoms with Crippen LogP contribution in [0.1, 0.15) is 87.6 Å². The highest BCUT2D eigenvalue weighted by molar-refractivity contribution is 7.94. The third kappa shape index (κ3) is 15.6. The van der Waals surface area contributed by atoms with Gasteiger partial charge in [-0.1, -0.05) is 58.0 Å². The second-order valence-corrected chi connectivity index (χ2v) is 15.8. The van der Waals surface area contributed by atoms with Crippen molar-refractivity contribution in [3.63, 3.8) is 0 Å². The summed E-state index contributed by atoms with van der Waals surface area (Å²) < 4.78 is 19.7. The molecule has 2 N–H and O–H groups in total. The largest absolute Gasteiger partial charge is 0.444 e. The lowest BCUT2D eigenvalue weighted by atomic mass is 10.0. The minimum Gasteiger partial charge on any atom is -0.444 e. The fraction of sp³-hybridized carbons (Fsp3) is 0.667. The van der Waals surface area contributed by atoms with Gasteiger partial charge in [0.15, 0.2) is 0 Å². The van der Waals surface area contributed by atoms with Crippen molar-refractivity contribution >= 4 is 33.6 Å². The van der Waals surface area contributed by atoms with E-state index in [1.165, 1.54) is 0 Å². The van der Waals surface area contributed by atoms with Gasteiger partial charge in [0, 0.05) is 12.0 Å². The Kier molecular flexibility index (Phi) is 13.5. The number of alkyl carbamates (subject to hydrolysis) is 2. The number of nitrogens with zero attached hydrogens (tertiary/aromatic N) is 2. The van der Waals surface area contributed by atoms with Crippen molar-refractivity contribution in [3.8, 4) is 0 Å². The third-order valence-electron chi connectivity index (χ3n) is 5.25. The summed E-state index contributed by atoms with van der Waals surface area (Å²) >= 11 is 0. The van der Waals surface area contributed by atoms with Gasteiger partial charge in [0.1, 0.15) is 23.3 Å². The first-order chi connectivity index (χ1) is 18.7. The first-order valence-corrected chi connectivity index (χ1v) is 16.1. The fourth-order valence-electron chi connectivity index (χ4n) is 3.78. The van der Waals surface area contributed by atoms with E-state index in [1.807, 2.05) is 58.0 Å². The number of benzene rings is 1. The summed E-state index contributed by atoms with van der Waals surface area (Å²) in [5.74, 6) is -0.814. The van der Waals surface area contributed by atoms with Crippen LogP contribution in [0.25, 0.3) is 0 Å². The van der Waals surface area contributed by atoms with Crippen molar-refractivity contribution in [2.24, 2.45) is 20.6 Å². The van der Waals surface area contributed by atoms with Gasteiger partial charge in [-0.15, -0.1) is 0 Å². The number of hydrogen-bond donors (Lipinski definition) is 2. The molecule has 0 spiro atoms. The summed E-state index contributed by atoms with van der Waals surface area (Å²) in [5, 5.41) is 5.30. The van der Waals surface area contributed by atoms with E-state index in [1.54, 1.807) is 47.8 Å². The molecule has 0 aromatic heterocycles. The maximum atomic E-state index is 13.6. The van der Waals surface area contributed by atoms with Crippen LogP contribution in [-0.2, 0) is 34.4 Å². The van der Waals surface area contributed by atoms with E-state index in [2.05, 4.69) is 19.4 Å². The molecular weight excluding hydrogens is 544 g/mol. The number of amides is 4. The van der Waals surface area contributed by atoms with Gasteiger partial charge >= 0.3 is 12.2 Å². The minimum absolute atomic E-state index is 0.0662. The van der Waals surface area contributed by atoms with E-state index in [0.29, 0.717) is 12.8 Å². The van der Waals surface area contributed by atoms with Crippen LogP contribution >= 0.6 is 0 Å². The molecule has 0 fully saturated rings. The number of hydrogen-bond acceptors (Lipinski definition) is 6. The number of ether oxygens (including phenoxy) is 2. The Morgan fingerprint density at radius 2 is 1.10 bits per heavy atom. The Morgan fingerprint density at radius 1 is 0.732 bits per heavy atom. The molecule has 0 aliphatic heterocycles. The molecule has 232 valence electrons. The topological polar surface area (TPSA) is 136 Å². The van der Waals surface area contributed by atoms with Crippen LogP contribution in [0.4, 0.5) is 9.59 Å². The van der Waals surface area contributed by atoms with E-state index in [0.717, 1.165) is 5.56 Å². The van der Waals surface area contributed by atoms with E-state index >= 15 is 0 Å². The maximum absolute atomic E-state index is 13.6. The Morgan fingerprint density at radius 3 is 1.41 bits per heavy atom. The molecule has 0 aliphatic rings. The molecule has 11 heteroatoms. The van der Waals surface area contributed by atoms with E-state index in [-0.39, 0.29) is 17.6 Å². The monoisotopic (exact) mass is 594 g/mol. The molecule has 0 aliphatic carbocycles. The second-order valence-electron chi connectivity index (χ2n) is 13.1. The Hall–Kier alpha value is -2.95. The predicted octanol–water partition coefficient (Wildman–Crippen LogP) is 6.27. The van der Waals surface area contributed by atoms with E-state index < -0.39 is 56.9 Å². The van der Waals surface area contributed by atoms with Gasteiger partial charge in [-0.05, 0) is 81.4 Å². The molecule has 0 saturated heterocycles. The molecule has 10 nitrogen and oxygen atoms in total. The molecular formula is C30H50N4O6S. The molecule has 1 aromatic carbocycles. The minimum atomic E-state index is -2.63. The van der Waals surface area contributed by atoms with Gasteiger partial charge in [-0.3, -0.25) is 9.59 Å². The van der Waals surface area contributed by atoms with Crippen molar-refractivity contribution in [3.05, 3.63) is 35.9 Å². The maximum Gasteiger partial charge on any atom is 0.408 e. The van der Waals surface area contributed by atoms with Gasteiger partial charge in [0.25, 0.3) is 11.8 Å². The van der Waals surface area contributed by atoms with Crippen molar-refractivity contribution in [2.75, 3.05) is 6.26 Å². The van der Waals surface area contributed by atoms with Crippen LogP contribution < -0.4 is 10.6 Å². The Balaban J connectivity index is 3.56. The summed E-state index contributed by atoms with van der Waals surface area (Å²) in [5.41, 5.74) is -0.638. The quantitative estimate of drug-likeness (QED) is 0.328. The third-order valence-corrected chi connectivity index (χ3v) is 7.28. The van der Waals surface area contributed by atoms with E-state index in [9.17, 15) is 19.2 Å². The summed E-state index contributed by atoms with van der Waals surface area (Å²) in [6.45, 7) is 18.1. The van der Waals surface area contributed by atoms with Crippen LogP contribution in [0.3, 0.4) is 0 Å². The highest BCUT2D eigenvalue weighted by Crippen LogP contribution is 2.17. The molecule has 0 radical (unpaired) electrons. The second kappa shape index (κ2) is 15.3. The van der Waals surface area contributed by atoms with Crippen LogP contribution in [0.2, 0.25) is 0 Å². The number of nitrogens with one attached hydrogen (secondary N) is 2. The fourth-order valence-corrected chi connectivity index (χ4v) is 5.80. The van der Waals surface area contributed by atoms with Gasteiger partial charge < -0.3 is 20.1 Å². The van der Waals surface area contributed by atoms with Gasteiger partial charge in [-0.25, -0.2) is 9.59 Å². The average molecular weight is 595 g/mol. The van der Waals surface area contributed by atoms with Crippen molar-refractivity contribution in [1.82, 2.24) is 10.6 Å². The van der Waals surface area contributed by atoms with Crippen molar-refractivity contribution in [2.45, 2.75) is 111 Å². The van der Waals surface area contributed by atoms with Crippen LogP contribution in [0, 0.1) is 11.8 Å². The zero-order valence-electron chi connectivity index (χ0n) is 26.6. The molecule has 0 saturated carbocycles. The van der Waals surface area contributed by atoms with Crippen molar-refractivity contribution < 1.29 is 28.7 Å². The van der Waals surface area contributed by atoms with Gasteiger partial charge in [0.2, 0.25) is 0 Å². The molecule has 2 atom stereocenters. The average Bonchev–Trinajstić information content (AvgIpc) is 2.75. The number of rotatable bonds is 10. The first kappa shape index (κ1) is 36.1. The normalized spacial score (nSPS) is 13.7. The molecule has 41 heavy (non-hydrogen) atoms. The molecule has 4 amide bonds. The van der Waals surface area contributed by atoms with Crippen LogP contribution in [-0.4, -0.2) is 53.5 Å². The number of carbonyl (C=O) groups is 4. The lowest BCUT2D eigenvalue weighted by Gasteiger charge is -2.24. The zero-order valence-corrected chi connectivity index (χ0v) is 27.4. The van der Waals surface area contributed by atoms with E-state index in [4.69, 9.17) is 9.47 Å². The summed E-state index contributed by atoms with van der Waals surface area (Å²) in [6, 6.07) is 7.42. The molecule has 0 heterocycles. The Bertz CT molecular complexity index is 1110. The van der Waals surface area contributed by atoms with Crippen LogP contribution in [0.5, 0.6) is 0 Å². The highest BCUT2D eigenvalue weighted by atomic mass is 32.2. The molecule has 0 bridgehead atoms. The predicted molar refractivity (Wildman–Crippen MR) is 164 cm³/mol. The standard InChI is InChI=1S/C30H50N4O6S/c1-20(2)17-23(31-27(37)39-29(5,6)7)25(35)33-41(11,19-22-15-13-12-14-16-22)34-26(36)24(18-21(3)4)32-28(38)40-30(8,9)10/h12-16,20-21,23-24H,17-19H2,1-11H3,(H,31,37)(H,32,38)/t23-,24-/m0/s1. The van der Waals surface area contributed by atoms with Crippen molar-refractivity contribution in [1.29, 1.82) is 0 Å².